The molecular weight excluding hydrogens is 735 g/mol. The van der Waals surface area contributed by atoms with Crippen molar-refractivity contribution in [3.05, 3.63) is 120 Å². The maximum absolute atomic E-state index is 8.58. The predicted octanol–water partition coefficient (Wildman–Crippen LogP) is 11.1. The third-order valence-electron chi connectivity index (χ3n) is 8.48. The molecule has 0 unspecified atom stereocenters. The van der Waals surface area contributed by atoms with Crippen LogP contribution in [0, 0.1) is 38.1 Å². The number of fused-ring (bicyclic) bond motifs is 3. The summed E-state index contributed by atoms with van der Waals surface area (Å²) in [4.78, 5) is 9.49. The van der Waals surface area contributed by atoms with Gasteiger partial charge in [0.15, 0.2) is 0 Å². The molecule has 3 heterocycles. The molecule has 5 heteroatoms. The van der Waals surface area contributed by atoms with Gasteiger partial charge in [-0.1, -0.05) is 68.3 Å². The number of rotatable bonds is 5. The van der Waals surface area contributed by atoms with Crippen LogP contribution in [0.3, 0.4) is 0 Å². The Morgan fingerprint density at radius 1 is 1.18 bits per heavy atom. The number of hydrogen-bond acceptors (Lipinski definition) is 3. The van der Waals surface area contributed by atoms with E-state index in [0.29, 0.717) is 11.5 Å². The van der Waals surface area contributed by atoms with Gasteiger partial charge in [0.25, 0.3) is 0 Å². The SMILES string of the molecule is C1=CC(C2CCCC2)=CC[CH-]1.C=C/C(=C\C=[N-])C1CCCC1.[2H]c1c(C([2H])([2H])[2H])cnc(-c2[c-]cc3c(c2)sc2nccc(C)c23)c1[2H].[Ir+3]. The molecule has 0 aliphatic heterocycles. The molecule has 0 N–H and O–H groups in total. The molecule has 4 aromatic rings. The van der Waals surface area contributed by atoms with Gasteiger partial charge in [-0.15, -0.1) is 46.7 Å². The number of pyridine rings is 2. The second-order valence-electron chi connectivity index (χ2n) is 11.3. The molecule has 228 valence electrons. The first-order chi connectivity index (χ1) is 23.1. The summed E-state index contributed by atoms with van der Waals surface area (Å²) in [6, 6.07) is 8.29. The molecule has 0 amide bonds. The van der Waals surface area contributed by atoms with Crippen LogP contribution in [-0.2, 0) is 20.1 Å². The van der Waals surface area contributed by atoms with E-state index in [1.54, 1.807) is 29.2 Å². The van der Waals surface area contributed by atoms with E-state index in [1.807, 2.05) is 31.2 Å². The predicted molar refractivity (Wildman–Crippen MR) is 186 cm³/mol. The van der Waals surface area contributed by atoms with Crippen LogP contribution in [0.5, 0.6) is 0 Å². The van der Waals surface area contributed by atoms with Crippen LogP contribution >= 0.6 is 11.3 Å². The number of hydrogen-bond donors (Lipinski definition) is 0. The Labute approximate surface area is 288 Å². The second-order valence-corrected chi connectivity index (χ2v) is 12.4. The van der Waals surface area contributed by atoms with Crippen LogP contribution in [0.1, 0.15) is 75.8 Å². The van der Waals surface area contributed by atoms with Crippen molar-refractivity contribution in [2.75, 3.05) is 0 Å². The van der Waals surface area contributed by atoms with E-state index < -0.39 is 6.85 Å². The minimum atomic E-state index is -2.46. The standard InChI is InChI=1S/C18H13N2S.C11H15.C10H14N.Ir/c1-11-3-6-15(20-10-11)13-4-5-14-16(9-13)21-18-17(14)12(2)7-8-19-18;1-2-6-10(7-3-1)11-8-4-5-9-11;1-2-9(7-8-11)10-5-3-4-6-10;/h3,5-10H,1-2H3;1-2,6-7,11H,3-5,8-9H2;2,7-8,10H,1,3-6H2;/q3*-1;+3/b;;9-7+;/i1D3,3D,6D;;;. The Morgan fingerprint density at radius 3 is 2.68 bits per heavy atom. The first kappa shape index (κ1) is 27.2. The van der Waals surface area contributed by atoms with E-state index in [-0.39, 0.29) is 43.4 Å². The topological polar surface area (TPSA) is 48.1 Å². The van der Waals surface area contributed by atoms with Crippen molar-refractivity contribution in [1.82, 2.24) is 9.97 Å². The van der Waals surface area contributed by atoms with Gasteiger partial charge in [0.2, 0.25) is 0 Å². The second kappa shape index (κ2) is 16.8. The molecule has 1 aromatic carbocycles. The third kappa shape index (κ3) is 8.53. The largest absolute Gasteiger partial charge is 3.00 e. The van der Waals surface area contributed by atoms with Crippen molar-refractivity contribution in [1.29, 1.82) is 0 Å². The van der Waals surface area contributed by atoms with E-state index in [0.717, 1.165) is 50.6 Å². The average molecular weight is 782 g/mol. The van der Waals surface area contributed by atoms with Gasteiger partial charge in [0.05, 0.1) is 2.74 Å². The molecule has 3 aliphatic carbocycles. The molecule has 3 aromatic heterocycles. The maximum atomic E-state index is 8.58. The van der Waals surface area contributed by atoms with Gasteiger partial charge >= 0.3 is 20.1 Å². The van der Waals surface area contributed by atoms with E-state index in [9.17, 15) is 0 Å². The van der Waals surface area contributed by atoms with Crippen LogP contribution in [0.4, 0.5) is 0 Å². The monoisotopic (exact) mass is 782 g/mol. The summed E-state index contributed by atoms with van der Waals surface area (Å²) < 4.78 is 39.5. The Hall–Kier alpha value is -3.11. The van der Waals surface area contributed by atoms with Crippen LogP contribution in [0.2, 0.25) is 0 Å². The normalized spacial score (nSPS) is 18.6. The molecule has 0 saturated heterocycles. The van der Waals surface area contributed by atoms with Crippen LogP contribution in [-0.4, -0.2) is 16.2 Å². The number of aromatic nitrogens is 2. The summed E-state index contributed by atoms with van der Waals surface area (Å²) >= 11 is 1.55. The van der Waals surface area contributed by atoms with Gasteiger partial charge in [-0.05, 0) is 89.8 Å². The quantitative estimate of drug-likeness (QED) is 0.115. The fourth-order valence-corrected chi connectivity index (χ4v) is 7.34. The van der Waals surface area contributed by atoms with Crippen molar-refractivity contribution in [2.24, 2.45) is 11.8 Å². The zero-order valence-corrected chi connectivity index (χ0v) is 28.4. The molecule has 44 heavy (non-hydrogen) atoms. The average Bonchev–Trinajstić information content (AvgIpc) is 3.87. The number of benzene rings is 1. The summed E-state index contributed by atoms with van der Waals surface area (Å²) in [5.41, 5.74) is 4.53. The molecular formula is C39H42IrN3S. The van der Waals surface area contributed by atoms with Crippen LogP contribution < -0.4 is 0 Å². The fourth-order valence-electron chi connectivity index (χ4n) is 6.20. The van der Waals surface area contributed by atoms with Crippen molar-refractivity contribution in [3.63, 3.8) is 0 Å². The molecule has 0 radical (unpaired) electrons. The molecule has 3 nitrogen and oxygen atoms in total. The summed E-state index contributed by atoms with van der Waals surface area (Å²) in [6.07, 6.45) is 28.8. The third-order valence-corrected chi connectivity index (χ3v) is 9.54. The molecule has 0 spiro atoms. The zero-order valence-electron chi connectivity index (χ0n) is 30.2. The Morgan fingerprint density at radius 2 is 1.98 bits per heavy atom. The Bertz CT molecular complexity index is 1860. The Balaban J connectivity index is 0.000000194. The maximum Gasteiger partial charge on any atom is 3.00 e. The van der Waals surface area contributed by atoms with Gasteiger partial charge in [0, 0.05) is 16.5 Å². The zero-order chi connectivity index (χ0) is 34.3. The van der Waals surface area contributed by atoms with Gasteiger partial charge in [-0.3, -0.25) is 0 Å². The van der Waals surface area contributed by atoms with Crippen molar-refractivity contribution in [3.8, 4) is 11.3 Å². The first-order valence-corrected chi connectivity index (χ1v) is 16.1. The minimum absolute atomic E-state index is 0. The van der Waals surface area contributed by atoms with Crippen molar-refractivity contribution in [2.45, 2.75) is 71.6 Å². The molecule has 0 atom stereocenters. The number of aryl methyl sites for hydroxylation is 2. The van der Waals surface area contributed by atoms with Crippen molar-refractivity contribution < 1.29 is 27.0 Å². The molecule has 3 aliphatic rings. The molecule has 7 rings (SSSR count). The number of allylic oxidation sites excluding steroid dienone is 7. The van der Waals surface area contributed by atoms with Gasteiger partial charge in [0.1, 0.15) is 4.83 Å². The minimum Gasteiger partial charge on any atom is -0.811 e. The molecule has 0 bridgehead atoms. The number of thiophene rings is 1. The Kier molecular flexibility index (Phi) is 10.4. The van der Waals surface area contributed by atoms with E-state index in [2.05, 4.69) is 47.3 Å². The summed E-state index contributed by atoms with van der Waals surface area (Å²) in [6.45, 7) is 3.30. The molecule has 2 fully saturated rings. The summed E-state index contributed by atoms with van der Waals surface area (Å²) in [5.74, 6) is 1.55. The summed E-state index contributed by atoms with van der Waals surface area (Å²) in [5, 5.41) is 10.7. The van der Waals surface area contributed by atoms with Gasteiger partial charge < -0.3 is 10.4 Å². The molecule has 2 saturated carbocycles. The van der Waals surface area contributed by atoms with Crippen LogP contribution in [0.15, 0.2) is 90.8 Å². The van der Waals surface area contributed by atoms with Gasteiger partial charge in [-0.2, -0.15) is 6.21 Å². The fraction of sp³-hybridized carbons (Fsp3) is 0.333. The smallest absolute Gasteiger partial charge is 0.811 e. The van der Waals surface area contributed by atoms with Crippen LogP contribution in [0.25, 0.3) is 37.0 Å². The van der Waals surface area contributed by atoms with E-state index in [4.69, 9.17) is 12.3 Å². The van der Waals surface area contributed by atoms with E-state index in [1.165, 1.54) is 56.9 Å². The van der Waals surface area contributed by atoms with Gasteiger partial charge in [-0.25, -0.2) is 23.6 Å². The summed E-state index contributed by atoms with van der Waals surface area (Å²) in [7, 11) is 0. The number of nitrogens with zero attached hydrogens (tertiary/aromatic N) is 3. The first-order valence-electron chi connectivity index (χ1n) is 17.8. The van der Waals surface area contributed by atoms with E-state index >= 15 is 0 Å². The van der Waals surface area contributed by atoms with Crippen molar-refractivity contribution >= 4 is 37.9 Å².